The van der Waals surface area contributed by atoms with E-state index in [0.717, 1.165) is 16.3 Å². The highest BCUT2D eigenvalue weighted by Gasteiger charge is 2.16. The zero-order chi connectivity index (χ0) is 25.4. The van der Waals surface area contributed by atoms with Crippen molar-refractivity contribution < 1.29 is 19.0 Å². The minimum atomic E-state index is -0.592. The molecule has 0 bridgehead atoms. The van der Waals surface area contributed by atoms with Crippen LogP contribution in [0.2, 0.25) is 5.02 Å². The highest BCUT2D eigenvalue weighted by atomic mass is 35.5. The van der Waals surface area contributed by atoms with Crippen LogP contribution in [0.25, 0.3) is 6.08 Å². The minimum Gasteiger partial charge on any atom is -0.493 e. The van der Waals surface area contributed by atoms with Gasteiger partial charge in [-0.15, -0.1) is 10.2 Å². The van der Waals surface area contributed by atoms with Crippen LogP contribution in [-0.4, -0.2) is 36.4 Å². The molecular weight excluding hydrogens is 488 g/mol. The first-order chi connectivity index (χ1) is 16.8. The van der Waals surface area contributed by atoms with Gasteiger partial charge in [-0.1, -0.05) is 47.6 Å². The Morgan fingerprint density at radius 2 is 1.94 bits per heavy atom. The van der Waals surface area contributed by atoms with Crippen LogP contribution in [-0.2, 0) is 11.2 Å². The summed E-state index contributed by atoms with van der Waals surface area (Å²) >= 11 is 7.69. The molecule has 35 heavy (non-hydrogen) atoms. The number of hydrogen-bond donors (Lipinski definition) is 1. The molecule has 0 unspecified atom stereocenters. The largest absolute Gasteiger partial charge is 0.493 e. The maximum atomic E-state index is 12.5. The number of aromatic nitrogens is 2. The van der Waals surface area contributed by atoms with Gasteiger partial charge in [0.25, 0.3) is 5.91 Å². The van der Waals surface area contributed by atoms with Gasteiger partial charge in [0.05, 0.1) is 12.1 Å². The second-order valence-corrected chi connectivity index (χ2v) is 8.95. The summed E-state index contributed by atoms with van der Waals surface area (Å²) in [5, 5.41) is 21.3. The quantitative estimate of drug-likeness (QED) is 0.221. The van der Waals surface area contributed by atoms with Crippen molar-refractivity contribution in [3.8, 4) is 23.3 Å². The number of methoxy groups -OCH3 is 1. The fourth-order valence-electron chi connectivity index (χ4n) is 3.15. The summed E-state index contributed by atoms with van der Waals surface area (Å²) in [4.78, 5) is 12.5. The zero-order valence-electron chi connectivity index (χ0n) is 19.8. The molecule has 0 saturated heterocycles. The predicted octanol–water partition coefficient (Wildman–Crippen LogP) is 5.38. The van der Waals surface area contributed by atoms with Crippen LogP contribution in [0.15, 0.2) is 35.9 Å². The van der Waals surface area contributed by atoms with E-state index in [0.29, 0.717) is 35.2 Å². The Labute approximate surface area is 213 Å². The summed E-state index contributed by atoms with van der Waals surface area (Å²) < 4.78 is 17.0. The van der Waals surface area contributed by atoms with Crippen LogP contribution in [0.1, 0.15) is 28.6 Å². The van der Waals surface area contributed by atoms with Crippen LogP contribution in [0.4, 0.5) is 5.13 Å². The third-order valence-electron chi connectivity index (χ3n) is 4.84. The van der Waals surface area contributed by atoms with Crippen LogP contribution in [0.3, 0.4) is 0 Å². The summed E-state index contributed by atoms with van der Waals surface area (Å²) in [5.74, 6) is 0.911. The summed E-state index contributed by atoms with van der Waals surface area (Å²) in [6.07, 6.45) is 2.12. The van der Waals surface area contributed by atoms with Crippen molar-refractivity contribution in [3.05, 3.63) is 62.6 Å². The van der Waals surface area contributed by atoms with E-state index < -0.39 is 5.91 Å². The van der Waals surface area contributed by atoms with Gasteiger partial charge in [-0.05, 0) is 55.7 Å². The molecule has 3 rings (SSSR count). The fraction of sp³-hybridized carbons (Fsp3) is 0.280. The molecule has 0 aliphatic rings. The average molecular weight is 513 g/mol. The molecule has 2 aromatic carbocycles. The van der Waals surface area contributed by atoms with E-state index in [9.17, 15) is 10.1 Å². The first kappa shape index (κ1) is 26.0. The lowest BCUT2D eigenvalue weighted by atomic mass is 10.1. The number of amides is 1. The number of nitrogens with zero attached hydrogens (tertiary/aromatic N) is 3. The number of halogens is 1. The summed E-state index contributed by atoms with van der Waals surface area (Å²) in [6.45, 7) is 6.51. The van der Waals surface area contributed by atoms with Gasteiger partial charge in [0.1, 0.15) is 35.6 Å². The van der Waals surface area contributed by atoms with Gasteiger partial charge >= 0.3 is 0 Å². The molecule has 1 aromatic heterocycles. The molecule has 0 aliphatic heterocycles. The van der Waals surface area contributed by atoms with Gasteiger partial charge < -0.3 is 14.2 Å². The predicted molar refractivity (Wildman–Crippen MR) is 136 cm³/mol. The Kier molecular flexibility index (Phi) is 9.06. The highest BCUT2D eigenvalue weighted by Crippen LogP contribution is 2.37. The van der Waals surface area contributed by atoms with Crippen molar-refractivity contribution in [2.24, 2.45) is 0 Å². The monoisotopic (exact) mass is 512 g/mol. The number of carbonyl (C=O) groups is 1. The SMILES string of the molecule is CCc1nnc(NC(=O)C(C#N)=Cc2cc(Cl)c(OCCOc3ccc(C)cc3C)c(OC)c2)s1. The first-order valence-corrected chi connectivity index (χ1v) is 12.0. The maximum absolute atomic E-state index is 12.5. The second-order valence-electron chi connectivity index (χ2n) is 7.48. The van der Waals surface area contributed by atoms with Gasteiger partial charge in [0.2, 0.25) is 5.13 Å². The van der Waals surface area contributed by atoms with Crippen molar-refractivity contribution in [3.63, 3.8) is 0 Å². The average Bonchev–Trinajstić information content (AvgIpc) is 3.29. The number of anilines is 1. The molecule has 182 valence electrons. The summed E-state index contributed by atoms with van der Waals surface area (Å²) in [6, 6.07) is 11.1. The van der Waals surface area contributed by atoms with Crippen molar-refractivity contribution in [2.45, 2.75) is 27.2 Å². The molecule has 0 radical (unpaired) electrons. The Morgan fingerprint density at radius 1 is 1.17 bits per heavy atom. The smallest absolute Gasteiger partial charge is 0.268 e. The van der Waals surface area contributed by atoms with Crippen LogP contribution in [0, 0.1) is 25.2 Å². The Morgan fingerprint density at radius 3 is 2.60 bits per heavy atom. The van der Waals surface area contributed by atoms with Gasteiger partial charge in [-0.25, -0.2) is 0 Å². The Bertz CT molecular complexity index is 1280. The number of ether oxygens (including phenoxy) is 3. The molecule has 0 spiro atoms. The van der Waals surface area contributed by atoms with E-state index >= 15 is 0 Å². The number of rotatable bonds is 10. The van der Waals surface area contributed by atoms with E-state index in [1.54, 1.807) is 12.1 Å². The minimum absolute atomic E-state index is 0.119. The normalized spacial score (nSPS) is 11.0. The lowest BCUT2D eigenvalue weighted by Crippen LogP contribution is -2.13. The number of hydrogen-bond acceptors (Lipinski definition) is 8. The molecule has 1 heterocycles. The zero-order valence-corrected chi connectivity index (χ0v) is 21.4. The molecule has 0 atom stereocenters. The lowest BCUT2D eigenvalue weighted by molar-refractivity contribution is -0.112. The number of nitriles is 1. The van der Waals surface area contributed by atoms with Crippen molar-refractivity contribution in [2.75, 3.05) is 25.6 Å². The molecule has 10 heteroatoms. The first-order valence-electron chi connectivity index (χ1n) is 10.8. The van der Waals surface area contributed by atoms with Gasteiger partial charge in [-0.2, -0.15) is 5.26 Å². The molecule has 1 amide bonds. The van der Waals surface area contributed by atoms with Gasteiger partial charge in [0, 0.05) is 0 Å². The molecular formula is C25H25ClN4O4S. The summed E-state index contributed by atoms with van der Waals surface area (Å²) in [7, 11) is 1.48. The Hall–Kier alpha value is -3.61. The van der Waals surface area contributed by atoms with Crippen molar-refractivity contribution in [1.82, 2.24) is 10.2 Å². The molecule has 0 saturated carbocycles. The maximum Gasteiger partial charge on any atom is 0.268 e. The number of carbonyl (C=O) groups excluding carboxylic acids is 1. The molecule has 0 aliphatic carbocycles. The Balaban J connectivity index is 1.68. The van der Waals surface area contributed by atoms with E-state index in [1.165, 1.54) is 30.1 Å². The second kappa shape index (κ2) is 12.2. The lowest BCUT2D eigenvalue weighted by Gasteiger charge is -2.14. The molecule has 0 fully saturated rings. The summed E-state index contributed by atoms with van der Waals surface area (Å²) in [5.41, 5.74) is 2.60. The fourth-order valence-corrected chi connectivity index (χ4v) is 4.09. The van der Waals surface area contributed by atoms with Crippen LogP contribution < -0.4 is 19.5 Å². The third-order valence-corrected chi connectivity index (χ3v) is 6.10. The molecule has 8 nitrogen and oxygen atoms in total. The van der Waals surface area contributed by atoms with E-state index in [1.807, 2.05) is 45.0 Å². The molecule has 1 N–H and O–H groups in total. The van der Waals surface area contributed by atoms with E-state index in [-0.39, 0.29) is 17.2 Å². The van der Waals surface area contributed by atoms with Crippen molar-refractivity contribution >= 4 is 40.1 Å². The topological polar surface area (TPSA) is 106 Å². The molecule has 3 aromatic rings. The number of aryl methyl sites for hydroxylation is 3. The van der Waals surface area contributed by atoms with Crippen LogP contribution >= 0.6 is 22.9 Å². The number of benzene rings is 2. The van der Waals surface area contributed by atoms with Gasteiger partial charge in [0.15, 0.2) is 11.5 Å². The standard InChI is InChI=1S/C25H25ClN4O4S/c1-5-22-29-30-25(35-22)28-24(31)18(14-27)11-17-12-19(26)23(21(13-17)32-4)34-9-8-33-20-7-6-15(2)10-16(20)3/h6-7,10-13H,5,8-9H2,1-4H3,(H,28,30,31). The van der Waals surface area contributed by atoms with Crippen LogP contribution in [0.5, 0.6) is 17.2 Å². The third kappa shape index (κ3) is 6.94. The van der Waals surface area contributed by atoms with E-state index in [2.05, 4.69) is 15.5 Å². The van der Waals surface area contributed by atoms with Crippen molar-refractivity contribution in [1.29, 1.82) is 5.26 Å². The van der Waals surface area contributed by atoms with Gasteiger partial charge in [-0.3, -0.25) is 10.1 Å². The number of nitrogens with one attached hydrogen (secondary N) is 1. The van der Waals surface area contributed by atoms with E-state index in [4.69, 9.17) is 25.8 Å². The highest BCUT2D eigenvalue weighted by molar-refractivity contribution is 7.15.